The number of carbonyl (C=O) groups is 3. The molecule has 1 aliphatic carbocycles. The summed E-state index contributed by atoms with van der Waals surface area (Å²) in [7, 11) is 3.26. The molecule has 1 aliphatic rings. The predicted octanol–water partition coefficient (Wildman–Crippen LogP) is 1.98. The molecule has 0 radical (unpaired) electrons. The summed E-state index contributed by atoms with van der Waals surface area (Å²) in [6.07, 6.45) is 1.62. The molecule has 2 aromatic carbocycles. The third kappa shape index (κ3) is 2.66. The minimum atomic E-state index is -0.247. The van der Waals surface area contributed by atoms with Gasteiger partial charge in [0.1, 0.15) is 5.75 Å². The molecule has 134 valence electrons. The number of benzene rings is 2. The van der Waals surface area contributed by atoms with E-state index in [1.165, 1.54) is 0 Å². The molecule has 0 saturated carbocycles. The van der Waals surface area contributed by atoms with Crippen molar-refractivity contribution in [3.8, 4) is 5.75 Å². The van der Waals surface area contributed by atoms with Crippen LogP contribution in [0.4, 0.5) is 0 Å². The van der Waals surface area contributed by atoms with Gasteiger partial charge in [0.05, 0.1) is 14.2 Å². The van der Waals surface area contributed by atoms with Crippen LogP contribution in [0.25, 0.3) is 0 Å². The lowest BCUT2D eigenvalue weighted by Crippen LogP contribution is -2.36. The van der Waals surface area contributed by atoms with Crippen molar-refractivity contribution in [2.24, 2.45) is 7.05 Å². The molecule has 0 aliphatic heterocycles. The number of hydrogen-bond donors (Lipinski definition) is 0. The van der Waals surface area contributed by atoms with Crippen LogP contribution in [0.5, 0.6) is 5.75 Å². The summed E-state index contributed by atoms with van der Waals surface area (Å²) in [5.74, 6) is 0.0468. The minimum absolute atomic E-state index is 0.0311. The Morgan fingerprint density at radius 3 is 2.26 bits per heavy atom. The van der Waals surface area contributed by atoms with E-state index in [4.69, 9.17) is 4.74 Å². The number of nitrogens with zero attached hydrogens (tertiary/aromatic N) is 2. The summed E-state index contributed by atoms with van der Waals surface area (Å²) in [4.78, 5) is 38.5. The number of ketones is 3. The van der Waals surface area contributed by atoms with E-state index in [1.807, 2.05) is 0 Å². The van der Waals surface area contributed by atoms with Gasteiger partial charge in [-0.15, -0.1) is 0 Å². The second kappa shape index (κ2) is 6.32. The van der Waals surface area contributed by atoms with Crippen molar-refractivity contribution in [2.75, 3.05) is 7.11 Å². The molecule has 6 heteroatoms. The molecule has 4 rings (SSSR count). The Morgan fingerprint density at radius 1 is 1.00 bits per heavy atom. The van der Waals surface area contributed by atoms with Gasteiger partial charge in [0.15, 0.2) is 6.54 Å². The topological polar surface area (TPSA) is 69.2 Å². The number of carbonyl (C=O) groups excluding carboxylic acids is 3. The van der Waals surface area contributed by atoms with Gasteiger partial charge in [-0.1, -0.05) is 24.3 Å². The summed E-state index contributed by atoms with van der Waals surface area (Å²) < 4.78 is 8.26. The third-order valence-corrected chi connectivity index (χ3v) is 4.75. The van der Waals surface area contributed by atoms with E-state index in [0.717, 1.165) is 0 Å². The lowest BCUT2D eigenvalue weighted by atomic mass is 9.90. The first-order valence-electron chi connectivity index (χ1n) is 8.45. The van der Waals surface area contributed by atoms with Crippen LogP contribution in [0.15, 0.2) is 54.9 Å². The quantitative estimate of drug-likeness (QED) is 0.412. The van der Waals surface area contributed by atoms with Crippen molar-refractivity contribution in [2.45, 2.75) is 6.54 Å². The Balaban J connectivity index is 1.73. The maximum Gasteiger partial charge on any atom is 0.245 e. The van der Waals surface area contributed by atoms with Crippen LogP contribution in [0.3, 0.4) is 0 Å². The van der Waals surface area contributed by atoms with Gasteiger partial charge >= 0.3 is 0 Å². The Labute approximate surface area is 155 Å². The fourth-order valence-electron chi connectivity index (χ4n) is 3.41. The smallest absolute Gasteiger partial charge is 0.245 e. The fraction of sp³-hybridized carbons (Fsp3) is 0.143. The Hall–Kier alpha value is -3.54. The maximum absolute atomic E-state index is 13.0. The molecule has 3 aromatic rings. The van der Waals surface area contributed by atoms with Crippen LogP contribution in [-0.2, 0) is 13.6 Å². The highest BCUT2D eigenvalue weighted by Crippen LogP contribution is 2.25. The van der Waals surface area contributed by atoms with Crippen LogP contribution in [-0.4, -0.2) is 29.0 Å². The molecule has 27 heavy (non-hydrogen) atoms. The summed E-state index contributed by atoms with van der Waals surface area (Å²) in [5.41, 5.74) is 1.83. The van der Waals surface area contributed by atoms with E-state index in [0.29, 0.717) is 28.1 Å². The largest absolute Gasteiger partial charge is 0.497 e. The normalized spacial score (nSPS) is 12.5. The van der Waals surface area contributed by atoms with Gasteiger partial charge in [-0.25, -0.2) is 9.13 Å². The van der Waals surface area contributed by atoms with Gasteiger partial charge in [0.2, 0.25) is 35.1 Å². The molecule has 0 amide bonds. The third-order valence-electron chi connectivity index (χ3n) is 4.75. The SMILES string of the molecule is COc1ccc(C(=O)Cn2c[n+](C)c3c2C(=O)c2ccccc2C3=O)cc1. The number of Topliss-reactive ketones (excluding diaryl/α,β-unsaturated/α-hetero) is 1. The summed E-state index contributed by atoms with van der Waals surface area (Å²) in [6, 6.07) is 13.5. The zero-order valence-electron chi connectivity index (χ0n) is 14.9. The average molecular weight is 361 g/mol. The van der Waals surface area contributed by atoms with Gasteiger partial charge < -0.3 is 4.74 Å². The van der Waals surface area contributed by atoms with E-state index in [-0.39, 0.29) is 29.6 Å². The van der Waals surface area contributed by atoms with Crippen LogP contribution in [0, 0.1) is 0 Å². The van der Waals surface area contributed by atoms with Crippen molar-refractivity contribution in [3.63, 3.8) is 0 Å². The fourth-order valence-corrected chi connectivity index (χ4v) is 3.41. The predicted molar refractivity (Wildman–Crippen MR) is 96.2 cm³/mol. The molecule has 0 N–H and O–H groups in total. The van der Waals surface area contributed by atoms with E-state index in [2.05, 4.69) is 0 Å². The molecule has 0 spiro atoms. The molecule has 0 fully saturated rings. The number of imidazole rings is 1. The highest BCUT2D eigenvalue weighted by molar-refractivity contribution is 6.26. The molecule has 1 heterocycles. The molecule has 1 aromatic heterocycles. The van der Waals surface area contributed by atoms with Crippen molar-refractivity contribution >= 4 is 17.3 Å². The number of aromatic nitrogens is 2. The second-order valence-corrected chi connectivity index (χ2v) is 6.41. The highest BCUT2D eigenvalue weighted by atomic mass is 16.5. The molecular formula is C21H17N2O4+. The molecule has 0 atom stereocenters. The number of hydrogen-bond acceptors (Lipinski definition) is 4. The summed E-state index contributed by atoms with van der Waals surface area (Å²) in [5, 5.41) is 0. The van der Waals surface area contributed by atoms with E-state index >= 15 is 0 Å². The number of ether oxygens (including phenoxy) is 1. The number of fused-ring (bicyclic) bond motifs is 2. The highest BCUT2D eigenvalue weighted by Gasteiger charge is 2.40. The number of methoxy groups -OCH3 is 1. The van der Waals surface area contributed by atoms with Gasteiger partial charge in [0, 0.05) is 16.7 Å². The zero-order valence-corrected chi connectivity index (χ0v) is 14.9. The van der Waals surface area contributed by atoms with Crippen molar-refractivity contribution in [1.29, 1.82) is 0 Å². The second-order valence-electron chi connectivity index (χ2n) is 6.41. The lowest BCUT2D eigenvalue weighted by molar-refractivity contribution is -0.672. The Bertz CT molecular complexity index is 1090. The summed E-state index contributed by atoms with van der Waals surface area (Å²) in [6.45, 7) is -0.0311. The number of rotatable bonds is 4. The van der Waals surface area contributed by atoms with Gasteiger partial charge in [0.25, 0.3) is 0 Å². The van der Waals surface area contributed by atoms with Crippen LogP contribution in [0.2, 0.25) is 0 Å². The van der Waals surface area contributed by atoms with Gasteiger partial charge in [-0.3, -0.25) is 14.4 Å². The van der Waals surface area contributed by atoms with Crippen LogP contribution < -0.4 is 9.30 Å². The van der Waals surface area contributed by atoms with E-state index < -0.39 is 0 Å². The summed E-state index contributed by atoms with van der Waals surface area (Å²) >= 11 is 0. The molecule has 0 saturated heterocycles. The lowest BCUT2D eigenvalue weighted by Gasteiger charge is -2.12. The van der Waals surface area contributed by atoms with Crippen molar-refractivity contribution in [3.05, 3.63) is 82.9 Å². The van der Waals surface area contributed by atoms with Gasteiger partial charge in [-0.2, -0.15) is 0 Å². The van der Waals surface area contributed by atoms with Crippen molar-refractivity contribution in [1.82, 2.24) is 4.57 Å². The van der Waals surface area contributed by atoms with Crippen molar-refractivity contribution < 1.29 is 23.7 Å². The Kier molecular flexibility index (Phi) is 3.96. The molecule has 0 bridgehead atoms. The molecular weight excluding hydrogens is 344 g/mol. The zero-order chi connectivity index (χ0) is 19.1. The van der Waals surface area contributed by atoms with Crippen LogP contribution >= 0.6 is 0 Å². The molecule has 6 nitrogen and oxygen atoms in total. The van der Waals surface area contributed by atoms with E-state index in [9.17, 15) is 14.4 Å². The Morgan fingerprint density at radius 2 is 1.63 bits per heavy atom. The molecule has 0 unspecified atom stereocenters. The first kappa shape index (κ1) is 16.9. The van der Waals surface area contributed by atoms with Crippen LogP contribution in [0.1, 0.15) is 42.5 Å². The maximum atomic E-state index is 13.0. The van der Waals surface area contributed by atoms with E-state index in [1.54, 1.807) is 78.1 Å². The monoisotopic (exact) mass is 361 g/mol. The minimum Gasteiger partial charge on any atom is -0.497 e. The number of aryl methyl sites for hydroxylation is 1. The first-order valence-corrected chi connectivity index (χ1v) is 8.45. The average Bonchev–Trinajstić information content (AvgIpc) is 3.02. The standard InChI is InChI=1S/C21H17N2O4/c1-22-12-23(11-17(24)13-7-9-14(27-2)10-8-13)19-18(22)20(25)15-5-3-4-6-16(15)21(19)26/h3-10,12H,11H2,1-2H3/q+1. The first-order chi connectivity index (χ1) is 13.0. The van der Waals surface area contributed by atoms with Gasteiger partial charge in [-0.05, 0) is 24.3 Å².